The summed E-state index contributed by atoms with van der Waals surface area (Å²) in [5.74, 6) is 0.0950. The second kappa shape index (κ2) is 7.23. The number of carbonyl (C=O) groups is 2. The van der Waals surface area contributed by atoms with Crippen LogP contribution in [0.25, 0.3) is 11.0 Å². The first-order valence-corrected chi connectivity index (χ1v) is 9.21. The predicted octanol–water partition coefficient (Wildman–Crippen LogP) is 3.36. The number of benzene rings is 2. The number of carbonyl (C=O) groups excluding carboxylic acids is 2. The van der Waals surface area contributed by atoms with E-state index in [1.807, 2.05) is 64.9 Å². The molecule has 1 aliphatic heterocycles. The number of para-hydroxylation sites is 2. The van der Waals surface area contributed by atoms with Gasteiger partial charge >= 0.3 is 0 Å². The second-order valence-corrected chi connectivity index (χ2v) is 6.93. The lowest BCUT2D eigenvalue weighted by molar-refractivity contribution is -0.128. The number of imidazole rings is 1. The summed E-state index contributed by atoms with van der Waals surface area (Å²) >= 11 is 0. The first kappa shape index (κ1) is 17.3. The number of rotatable bonds is 5. The Balaban J connectivity index is 1.47. The van der Waals surface area contributed by atoms with Crippen LogP contribution >= 0.6 is 0 Å². The van der Waals surface area contributed by atoms with E-state index in [0.717, 1.165) is 35.2 Å². The molecular formula is C21H22N4O2. The molecule has 1 aliphatic rings. The standard InChI is InChI=1S/C21H22N4O2/c1-15(25-14-22-18-8-2-3-9-19(18)25)21(27)23-17-7-4-6-16(12-17)13-24-11-5-10-20(24)26/h2-4,6-9,12,14-15H,5,10-11,13H2,1H3,(H,23,27)/t15-/m1/s1. The molecule has 0 radical (unpaired) electrons. The SMILES string of the molecule is C[C@H](C(=O)Nc1cccc(CN2CCCC2=O)c1)n1cnc2ccccc21. The van der Waals surface area contributed by atoms with Gasteiger partial charge in [0.25, 0.3) is 0 Å². The maximum atomic E-state index is 12.7. The molecule has 3 aromatic rings. The smallest absolute Gasteiger partial charge is 0.247 e. The Hall–Kier alpha value is -3.15. The maximum absolute atomic E-state index is 12.7. The predicted molar refractivity (Wildman–Crippen MR) is 104 cm³/mol. The Morgan fingerprint density at radius 3 is 2.89 bits per heavy atom. The van der Waals surface area contributed by atoms with Crippen molar-refractivity contribution in [3.8, 4) is 0 Å². The molecule has 0 aliphatic carbocycles. The lowest BCUT2D eigenvalue weighted by Crippen LogP contribution is -2.24. The lowest BCUT2D eigenvalue weighted by Gasteiger charge is -2.17. The minimum atomic E-state index is -0.388. The van der Waals surface area contributed by atoms with Gasteiger partial charge in [0.05, 0.1) is 17.4 Å². The maximum Gasteiger partial charge on any atom is 0.247 e. The molecule has 2 aromatic carbocycles. The van der Waals surface area contributed by atoms with Crippen molar-refractivity contribution < 1.29 is 9.59 Å². The average molecular weight is 362 g/mol. The van der Waals surface area contributed by atoms with E-state index in [0.29, 0.717) is 13.0 Å². The van der Waals surface area contributed by atoms with Crippen LogP contribution < -0.4 is 5.32 Å². The zero-order chi connectivity index (χ0) is 18.8. The van der Waals surface area contributed by atoms with Crippen molar-refractivity contribution in [3.63, 3.8) is 0 Å². The van der Waals surface area contributed by atoms with Gasteiger partial charge in [-0.05, 0) is 43.2 Å². The molecular weight excluding hydrogens is 340 g/mol. The molecule has 0 saturated carbocycles. The van der Waals surface area contributed by atoms with Crippen LogP contribution in [0.15, 0.2) is 54.9 Å². The van der Waals surface area contributed by atoms with Gasteiger partial charge in [0.1, 0.15) is 6.04 Å². The van der Waals surface area contributed by atoms with Gasteiger partial charge in [-0.15, -0.1) is 0 Å². The van der Waals surface area contributed by atoms with Gasteiger partial charge in [-0.2, -0.15) is 0 Å². The third-order valence-electron chi connectivity index (χ3n) is 5.02. The van der Waals surface area contributed by atoms with Crippen molar-refractivity contribution in [2.45, 2.75) is 32.4 Å². The van der Waals surface area contributed by atoms with Crippen LogP contribution in [-0.2, 0) is 16.1 Å². The molecule has 27 heavy (non-hydrogen) atoms. The largest absolute Gasteiger partial charge is 0.338 e. The number of likely N-dealkylation sites (tertiary alicyclic amines) is 1. The molecule has 6 nitrogen and oxygen atoms in total. The number of hydrogen-bond donors (Lipinski definition) is 1. The molecule has 1 N–H and O–H groups in total. The summed E-state index contributed by atoms with van der Waals surface area (Å²) in [6, 6.07) is 15.1. The molecule has 6 heteroatoms. The highest BCUT2D eigenvalue weighted by Crippen LogP contribution is 2.20. The fourth-order valence-electron chi connectivity index (χ4n) is 3.50. The number of nitrogens with one attached hydrogen (secondary N) is 1. The van der Waals surface area contributed by atoms with Gasteiger partial charge in [0.2, 0.25) is 11.8 Å². The van der Waals surface area contributed by atoms with Crippen LogP contribution in [-0.4, -0.2) is 32.8 Å². The molecule has 1 aromatic heterocycles. The van der Waals surface area contributed by atoms with E-state index in [4.69, 9.17) is 0 Å². The van der Waals surface area contributed by atoms with Gasteiger partial charge in [0.15, 0.2) is 0 Å². The molecule has 1 fully saturated rings. The number of hydrogen-bond acceptors (Lipinski definition) is 3. The minimum Gasteiger partial charge on any atom is -0.338 e. The van der Waals surface area contributed by atoms with Crippen molar-refractivity contribution in [1.29, 1.82) is 0 Å². The van der Waals surface area contributed by atoms with E-state index in [9.17, 15) is 9.59 Å². The Bertz CT molecular complexity index is 995. The van der Waals surface area contributed by atoms with Crippen molar-refractivity contribution in [3.05, 3.63) is 60.4 Å². The van der Waals surface area contributed by atoms with Crippen LogP contribution in [0.5, 0.6) is 0 Å². The third-order valence-corrected chi connectivity index (χ3v) is 5.02. The molecule has 2 amide bonds. The van der Waals surface area contributed by atoms with Crippen molar-refractivity contribution >= 4 is 28.5 Å². The van der Waals surface area contributed by atoms with E-state index >= 15 is 0 Å². The quantitative estimate of drug-likeness (QED) is 0.757. The highest BCUT2D eigenvalue weighted by molar-refractivity contribution is 5.94. The molecule has 4 rings (SSSR count). The third kappa shape index (κ3) is 3.56. The van der Waals surface area contributed by atoms with E-state index in [1.165, 1.54) is 0 Å². The van der Waals surface area contributed by atoms with E-state index in [-0.39, 0.29) is 17.9 Å². The number of nitrogens with zero attached hydrogens (tertiary/aromatic N) is 3. The fourth-order valence-corrected chi connectivity index (χ4v) is 3.50. The first-order valence-electron chi connectivity index (χ1n) is 9.21. The Morgan fingerprint density at radius 2 is 2.07 bits per heavy atom. The first-order chi connectivity index (χ1) is 13.1. The van der Waals surface area contributed by atoms with E-state index in [2.05, 4.69) is 10.3 Å². The van der Waals surface area contributed by atoms with Gasteiger partial charge < -0.3 is 14.8 Å². The van der Waals surface area contributed by atoms with Crippen molar-refractivity contribution in [1.82, 2.24) is 14.5 Å². The van der Waals surface area contributed by atoms with Gasteiger partial charge in [0, 0.05) is 25.2 Å². The van der Waals surface area contributed by atoms with Crippen LogP contribution in [0.1, 0.15) is 31.4 Å². The molecule has 2 heterocycles. The summed E-state index contributed by atoms with van der Waals surface area (Å²) in [6.45, 7) is 3.25. The monoisotopic (exact) mass is 362 g/mol. The zero-order valence-electron chi connectivity index (χ0n) is 15.3. The Morgan fingerprint density at radius 1 is 1.22 bits per heavy atom. The number of amides is 2. The van der Waals surface area contributed by atoms with Crippen molar-refractivity contribution in [2.75, 3.05) is 11.9 Å². The second-order valence-electron chi connectivity index (χ2n) is 6.93. The minimum absolute atomic E-state index is 0.104. The summed E-state index contributed by atoms with van der Waals surface area (Å²) in [7, 11) is 0. The highest BCUT2D eigenvalue weighted by atomic mass is 16.2. The molecule has 0 spiro atoms. The van der Waals surface area contributed by atoms with E-state index in [1.54, 1.807) is 6.33 Å². The highest BCUT2D eigenvalue weighted by Gasteiger charge is 2.20. The van der Waals surface area contributed by atoms with Gasteiger partial charge in [-0.25, -0.2) is 4.98 Å². The average Bonchev–Trinajstić information content (AvgIpc) is 3.28. The fraction of sp³-hybridized carbons (Fsp3) is 0.286. The summed E-state index contributed by atoms with van der Waals surface area (Å²) in [5.41, 5.74) is 3.56. The summed E-state index contributed by atoms with van der Waals surface area (Å²) < 4.78 is 1.87. The summed E-state index contributed by atoms with van der Waals surface area (Å²) in [4.78, 5) is 30.8. The molecule has 0 unspecified atom stereocenters. The van der Waals surface area contributed by atoms with Crippen LogP contribution in [0.2, 0.25) is 0 Å². The molecule has 0 bridgehead atoms. The molecule has 138 valence electrons. The number of aromatic nitrogens is 2. The van der Waals surface area contributed by atoms with Crippen LogP contribution in [0, 0.1) is 0 Å². The topological polar surface area (TPSA) is 67.2 Å². The number of fused-ring (bicyclic) bond motifs is 1. The molecule has 1 atom stereocenters. The zero-order valence-corrected chi connectivity index (χ0v) is 15.3. The normalized spacial score (nSPS) is 15.3. The number of anilines is 1. The Labute approximate surface area is 157 Å². The summed E-state index contributed by atoms with van der Waals surface area (Å²) in [6.07, 6.45) is 3.25. The lowest BCUT2D eigenvalue weighted by atomic mass is 10.2. The Kier molecular flexibility index (Phi) is 4.62. The van der Waals surface area contributed by atoms with Gasteiger partial charge in [-0.3, -0.25) is 9.59 Å². The molecule has 1 saturated heterocycles. The van der Waals surface area contributed by atoms with Gasteiger partial charge in [-0.1, -0.05) is 24.3 Å². The van der Waals surface area contributed by atoms with Crippen LogP contribution in [0.3, 0.4) is 0 Å². The van der Waals surface area contributed by atoms with Crippen molar-refractivity contribution in [2.24, 2.45) is 0 Å². The summed E-state index contributed by atoms with van der Waals surface area (Å²) in [5, 5.41) is 2.98. The van der Waals surface area contributed by atoms with E-state index < -0.39 is 0 Å². The van der Waals surface area contributed by atoms with Crippen LogP contribution in [0.4, 0.5) is 5.69 Å².